The molecule has 0 aromatic carbocycles. The van der Waals surface area contributed by atoms with E-state index in [2.05, 4.69) is 20.8 Å². The van der Waals surface area contributed by atoms with E-state index in [0.29, 0.717) is 23.4 Å². The lowest BCUT2D eigenvalue weighted by Gasteiger charge is -2.27. The molecule has 3 atom stereocenters. The highest BCUT2D eigenvalue weighted by atomic mass is 16.1. The van der Waals surface area contributed by atoms with E-state index < -0.39 is 0 Å². The van der Waals surface area contributed by atoms with E-state index in [0.717, 1.165) is 19.3 Å². The monoisotopic (exact) mass is 450 g/mol. The predicted molar refractivity (Wildman–Crippen MR) is 141 cm³/mol. The van der Waals surface area contributed by atoms with Crippen molar-refractivity contribution in [2.45, 2.75) is 163 Å². The van der Waals surface area contributed by atoms with E-state index >= 15 is 0 Å². The molecule has 0 aliphatic rings. The summed E-state index contributed by atoms with van der Waals surface area (Å²) < 4.78 is 0. The molecule has 2 heteroatoms. The fourth-order valence-corrected chi connectivity index (χ4v) is 5.07. The average Bonchev–Trinajstić information content (AvgIpc) is 2.75. The second-order valence-corrected chi connectivity index (χ2v) is 10.7. The van der Waals surface area contributed by atoms with Crippen molar-refractivity contribution in [3.63, 3.8) is 0 Å². The second kappa shape index (κ2) is 22.1. The molecule has 0 N–H and O–H groups in total. The van der Waals surface area contributed by atoms with Crippen molar-refractivity contribution in [3.05, 3.63) is 0 Å². The molecule has 0 heterocycles. The molecule has 2 nitrogen and oxygen atoms in total. The fraction of sp³-hybridized carbons (Fsp3) is 0.933. The van der Waals surface area contributed by atoms with Crippen LogP contribution in [0.4, 0.5) is 0 Å². The minimum atomic E-state index is 0.271. The van der Waals surface area contributed by atoms with Gasteiger partial charge >= 0.3 is 0 Å². The van der Waals surface area contributed by atoms with Crippen molar-refractivity contribution in [1.82, 2.24) is 0 Å². The van der Waals surface area contributed by atoms with Gasteiger partial charge in [0.2, 0.25) is 0 Å². The largest absolute Gasteiger partial charge is 0.300 e. The van der Waals surface area contributed by atoms with Gasteiger partial charge in [0.05, 0.1) is 0 Å². The smallest absolute Gasteiger partial charge is 0.133 e. The fourth-order valence-electron chi connectivity index (χ4n) is 5.07. The van der Waals surface area contributed by atoms with E-state index in [9.17, 15) is 9.59 Å². The van der Waals surface area contributed by atoms with Gasteiger partial charge in [0, 0.05) is 12.3 Å². The van der Waals surface area contributed by atoms with Gasteiger partial charge in [-0.25, -0.2) is 0 Å². The molecule has 0 saturated heterocycles. The summed E-state index contributed by atoms with van der Waals surface area (Å²) in [5.74, 6) is 2.19. The lowest BCUT2D eigenvalue weighted by molar-refractivity contribution is -0.123. The topological polar surface area (TPSA) is 34.1 Å². The van der Waals surface area contributed by atoms with Gasteiger partial charge in [-0.1, -0.05) is 130 Å². The summed E-state index contributed by atoms with van der Waals surface area (Å²) in [5, 5.41) is 0. The molecule has 0 aliphatic heterocycles. The first-order chi connectivity index (χ1) is 15.4. The minimum Gasteiger partial charge on any atom is -0.300 e. The average molecular weight is 451 g/mol. The Hall–Kier alpha value is -0.660. The number of rotatable bonds is 24. The molecule has 0 aliphatic carbocycles. The molecule has 0 aromatic heterocycles. The Kier molecular flexibility index (Phi) is 21.7. The predicted octanol–water partition coefficient (Wildman–Crippen LogP) is 9.87. The molecule has 0 fully saturated rings. The van der Waals surface area contributed by atoms with E-state index in [-0.39, 0.29) is 5.92 Å². The van der Waals surface area contributed by atoms with Crippen LogP contribution < -0.4 is 0 Å². The van der Waals surface area contributed by atoms with Crippen LogP contribution in [0.1, 0.15) is 163 Å². The zero-order valence-corrected chi connectivity index (χ0v) is 22.7. The molecule has 0 spiro atoms. The highest BCUT2D eigenvalue weighted by Crippen LogP contribution is 2.30. The molecular weight excluding hydrogens is 392 g/mol. The van der Waals surface area contributed by atoms with E-state index in [1.807, 2.05) is 6.92 Å². The number of unbranched alkanes of at least 4 members (excludes halogenated alkanes) is 15. The van der Waals surface area contributed by atoms with Gasteiger partial charge in [0.1, 0.15) is 11.6 Å². The summed E-state index contributed by atoms with van der Waals surface area (Å²) in [5.41, 5.74) is 0. The maximum atomic E-state index is 12.3. The van der Waals surface area contributed by atoms with Crippen molar-refractivity contribution in [2.75, 3.05) is 0 Å². The SMILES string of the molecule is CCCCCCCCCCC(C(C)=O)C(C)C(C)CCCCCCCCCCCC(C)=O. The Morgan fingerprint density at radius 3 is 1.41 bits per heavy atom. The van der Waals surface area contributed by atoms with Crippen LogP contribution in [0.3, 0.4) is 0 Å². The van der Waals surface area contributed by atoms with Gasteiger partial charge in [-0.15, -0.1) is 0 Å². The van der Waals surface area contributed by atoms with Crippen molar-refractivity contribution in [2.24, 2.45) is 17.8 Å². The Morgan fingerprint density at radius 2 is 0.969 bits per heavy atom. The van der Waals surface area contributed by atoms with Gasteiger partial charge in [0.15, 0.2) is 0 Å². The molecule has 190 valence electrons. The van der Waals surface area contributed by atoms with Crippen LogP contribution in [0.5, 0.6) is 0 Å². The normalized spacial score (nSPS) is 14.3. The van der Waals surface area contributed by atoms with Crippen LogP contribution in [-0.2, 0) is 9.59 Å². The molecule has 0 radical (unpaired) electrons. The lowest BCUT2D eigenvalue weighted by atomic mass is 9.77. The van der Waals surface area contributed by atoms with E-state index in [1.54, 1.807) is 6.92 Å². The molecule has 0 bridgehead atoms. The van der Waals surface area contributed by atoms with Crippen molar-refractivity contribution < 1.29 is 9.59 Å². The number of Topliss-reactive ketones (excluding diaryl/α,β-unsaturated/α-hetero) is 2. The third kappa shape index (κ3) is 18.9. The molecule has 0 aromatic rings. The Morgan fingerprint density at radius 1 is 0.562 bits per heavy atom. The molecule has 0 saturated carbocycles. The van der Waals surface area contributed by atoms with Gasteiger partial charge in [0.25, 0.3) is 0 Å². The Balaban J connectivity index is 3.79. The highest BCUT2D eigenvalue weighted by Gasteiger charge is 2.25. The number of hydrogen-bond donors (Lipinski definition) is 0. The number of carbonyl (C=O) groups excluding carboxylic acids is 2. The third-order valence-electron chi connectivity index (χ3n) is 7.61. The maximum Gasteiger partial charge on any atom is 0.133 e. The Labute approximate surface area is 202 Å². The first kappa shape index (κ1) is 31.3. The molecule has 3 unspecified atom stereocenters. The second-order valence-electron chi connectivity index (χ2n) is 10.7. The van der Waals surface area contributed by atoms with E-state index in [4.69, 9.17) is 0 Å². The summed E-state index contributed by atoms with van der Waals surface area (Å²) >= 11 is 0. The first-order valence-corrected chi connectivity index (χ1v) is 14.4. The maximum absolute atomic E-state index is 12.3. The number of ketones is 2. The van der Waals surface area contributed by atoms with Gasteiger partial charge in [-0.2, -0.15) is 0 Å². The number of hydrogen-bond acceptors (Lipinski definition) is 2. The van der Waals surface area contributed by atoms with Crippen LogP contribution in [0.2, 0.25) is 0 Å². The lowest BCUT2D eigenvalue weighted by Crippen LogP contribution is -2.25. The minimum absolute atomic E-state index is 0.271. The van der Waals surface area contributed by atoms with E-state index in [1.165, 1.54) is 109 Å². The van der Waals surface area contributed by atoms with Crippen LogP contribution >= 0.6 is 0 Å². The van der Waals surface area contributed by atoms with Crippen LogP contribution in [0.25, 0.3) is 0 Å². The highest BCUT2D eigenvalue weighted by molar-refractivity contribution is 5.78. The molecule has 0 rings (SSSR count). The van der Waals surface area contributed by atoms with Gasteiger partial charge in [-0.05, 0) is 38.5 Å². The van der Waals surface area contributed by atoms with Gasteiger partial charge < -0.3 is 4.79 Å². The summed E-state index contributed by atoms with van der Waals surface area (Å²) in [6.45, 7) is 10.5. The summed E-state index contributed by atoms with van der Waals surface area (Å²) in [6.07, 6.45) is 25.4. The zero-order chi connectivity index (χ0) is 24.0. The van der Waals surface area contributed by atoms with Gasteiger partial charge in [-0.3, -0.25) is 4.79 Å². The van der Waals surface area contributed by atoms with Crippen LogP contribution in [0, 0.1) is 17.8 Å². The molecule has 32 heavy (non-hydrogen) atoms. The quantitative estimate of drug-likeness (QED) is 0.137. The third-order valence-corrected chi connectivity index (χ3v) is 7.61. The van der Waals surface area contributed by atoms with Crippen molar-refractivity contribution >= 4 is 11.6 Å². The Bertz CT molecular complexity index is 442. The zero-order valence-electron chi connectivity index (χ0n) is 22.7. The van der Waals surface area contributed by atoms with Crippen molar-refractivity contribution in [1.29, 1.82) is 0 Å². The summed E-state index contributed by atoms with van der Waals surface area (Å²) in [4.78, 5) is 23.2. The number of carbonyl (C=O) groups is 2. The van der Waals surface area contributed by atoms with Crippen molar-refractivity contribution in [3.8, 4) is 0 Å². The summed E-state index contributed by atoms with van der Waals surface area (Å²) in [6, 6.07) is 0. The first-order valence-electron chi connectivity index (χ1n) is 14.4. The summed E-state index contributed by atoms with van der Waals surface area (Å²) in [7, 11) is 0. The molecule has 0 amide bonds. The standard InChI is InChI=1S/C30H58O2/c1-6-7-8-9-10-16-19-22-25-30(29(5)32)28(4)26(2)23-20-17-14-12-11-13-15-18-21-24-27(3)31/h26,28,30H,6-25H2,1-5H3. The van der Waals surface area contributed by atoms with Crippen LogP contribution in [-0.4, -0.2) is 11.6 Å². The van der Waals surface area contributed by atoms with Crippen LogP contribution in [0.15, 0.2) is 0 Å². The molecular formula is C30H58O2.